The minimum Gasteiger partial charge on any atom is -0.465 e. The molecule has 0 saturated heterocycles. The lowest BCUT2D eigenvalue weighted by molar-refractivity contribution is -0.141. The Bertz CT molecular complexity index is 877. The van der Waals surface area contributed by atoms with Crippen molar-refractivity contribution in [3.8, 4) is 0 Å². The van der Waals surface area contributed by atoms with E-state index >= 15 is 0 Å². The van der Waals surface area contributed by atoms with Gasteiger partial charge in [0.1, 0.15) is 18.9 Å². The highest BCUT2D eigenvalue weighted by Gasteiger charge is 2.22. The van der Waals surface area contributed by atoms with Gasteiger partial charge in [0.2, 0.25) is 5.91 Å². The van der Waals surface area contributed by atoms with Crippen LogP contribution in [-0.4, -0.2) is 67.7 Å². The van der Waals surface area contributed by atoms with Crippen molar-refractivity contribution in [2.45, 2.75) is 26.4 Å². The first-order chi connectivity index (χ1) is 15.9. The van der Waals surface area contributed by atoms with Crippen molar-refractivity contribution in [3.63, 3.8) is 0 Å². The van der Waals surface area contributed by atoms with Gasteiger partial charge < -0.3 is 24.6 Å². The predicted octanol–water partition coefficient (Wildman–Crippen LogP) is 3.03. The van der Waals surface area contributed by atoms with Gasteiger partial charge in [0.15, 0.2) is 0 Å². The van der Waals surface area contributed by atoms with E-state index in [1.807, 2.05) is 17.5 Å². The van der Waals surface area contributed by atoms with E-state index in [1.165, 1.54) is 28.4 Å². The second kappa shape index (κ2) is 14.2. The van der Waals surface area contributed by atoms with Gasteiger partial charge in [-0.05, 0) is 42.5 Å². The topological polar surface area (TPSA) is 88.2 Å². The SMILES string of the molecule is CCOC(=O)CNC(=O)N(CCCOC)CC(=O)N(Cc1ccc(F)cc1)Cc1cccs1. The molecule has 0 aliphatic heterocycles. The first-order valence-corrected chi connectivity index (χ1v) is 11.5. The van der Waals surface area contributed by atoms with Crippen molar-refractivity contribution in [2.75, 3.05) is 40.0 Å². The first kappa shape index (κ1) is 26.3. The molecule has 1 aromatic heterocycles. The number of methoxy groups -OCH3 is 1. The number of hydrogen-bond acceptors (Lipinski definition) is 6. The molecule has 8 nitrogen and oxygen atoms in total. The van der Waals surface area contributed by atoms with Crippen LogP contribution in [0.5, 0.6) is 0 Å². The van der Waals surface area contributed by atoms with E-state index in [0.29, 0.717) is 19.6 Å². The van der Waals surface area contributed by atoms with Gasteiger partial charge >= 0.3 is 12.0 Å². The summed E-state index contributed by atoms with van der Waals surface area (Å²) in [6.07, 6.45) is 0.527. The number of carbonyl (C=O) groups is 3. The third-order valence-corrected chi connectivity index (χ3v) is 5.51. The number of rotatable bonds is 13. The van der Waals surface area contributed by atoms with Crippen LogP contribution in [0.15, 0.2) is 41.8 Å². The summed E-state index contributed by atoms with van der Waals surface area (Å²) in [4.78, 5) is 41.5. The smallest absolute Gasteiger partial charge is 0.325 e. The Kier molecular flexibility index (Phi) is 11.3. The first-order valence-electron chi connectivity index (χ1n) is 10.6. The molecule has 2 rings (SSSR count). The van der Waals surface area contributed by atoms with Crippen LogP contribution in [-0.2, 0) is 32.2 Å². The van der Waals surface area contributed by atoms with E-state index < -0.39 is 12.0 Å². The average Bonchev–Trinajstić information content (AvgIpc) is 3.31. The summed E-state index contributed by atoms with van der Waals surface area (Å²) in [5, 5.41) is 4.43. The monoisotopic (exact) mass is 479 g/mol. The summed E-state index contributed by atoms with van der Waals surface area (Å²) in [6.45, 7) is 2.77. The van der Waals surface area contributed by atoms with Crippen LogP contribution >= 0.6 is 11.3 Å². The van der Waals surface area contributed by atoms with Crippen molar-refractivity contribution < 1.29 is 28.2 Å². The maximum absolute atomic E-state index is 13.3. The van der Waals surface area contributed by atoms with E-state index in [-0.39, 0.29) is 44.5 Å². The van der Waals surface area contributed by atoms with Gasteiger partial charge in [-0.1, -0.05) is 18.2 Å². The summed E-state index contributed by atoms with van der Waals surface area (Å²) in [7, 11) is 1.56. The lowest BCUT2D eigenvalue weighted by Gasteiger charge is -2.27. The molecule has 3 amide bonds. The number of benzene rings is 1. The van der Waals surface area contributed by atoms with Crippen molar-refractivity contribution >= 4 is 29.2 Å². The van der Waals surface area contributed by atoms with Gasteiger partial charge in [0, 0.05) is 31.7 Å². The lowest BCUT2D eigenvalue weighted by Crippen LogP contribution is -2.48. The van der Waals surface area contributed by atoms with E-state index in [1.54, 1.807) is 31.1 Å². The lowest BCUT2D eigenvalue weighted by atomic mass is 10.2. The number of nitrogens with zero attached hydrogens (tertiary/aromatic N) is 2. The van der Waals surface area contributed by atoms with Crippen LogP contribution < -0.4 is 5.32 Å². The third-order valence-electron chi connectivity index (χ3n) is 4.65. The number of ether oxygens (including phenoxy) is 2. The average molecular weight is 480 g/mol. The molecule has 1 aromatic carbocycles. The Morgan fingerprint density at radius 2 is 1.85 bits per heavy atom. The highest BCUT2D eigenvalue weighted by molar-refractivity contribution is 7.09. The Morgan fingerprint density at radius 1 is 1.09 bits per heavy atom. The van der Waals surface area contributed by atoms with E-state index in [4.69, 9.17) is 9.47 Å². The summed E-state index contributed by atoms with van der Waals surface area (Å²) >= 11 is 1.52. The van der Waals surface area contributed by atoms with Crippen LogP contribution in [0.3, 0.4) is 0 Å². The molecule has 0 bridgehead atoms. The van der Waals surface area contributed by atoms with Gasteiger partial charge in [0.25, 0.3) is 0 Å². The maximum atomic E-state index is 13.3. The van der Waals surface area contributed by atoms with Crippen LogP contribution in [0.4, 0.5) is 9.18 Å². The molecule has 0 atom stereocenters. The molecule has 0 unspecified atom stereocenters. The zero-order valence-corrected chi connectivity index (χ0v) is 19.7. The van der Waals surface area contributed by atoms with Gasteiger partial charge in [0.05, 0.1) is 13.2 Å². The third kappa shape index (κ3) is 9.58. The van der Waals surface area contributed by atoms with Gasteiger partial charge in [-0.2, -0.15) is 0 Å². The molecule has 0 spiro atoms. The number of urea groups is 1. The van der Waals surface area contributed by atoms with E-state index in [0.717, 1.165) is 10.4 Å². The van der Waals surface area contributed by atoms with E-state index in [2.05, 4.69) is 5.32 Å². The molecular weight excluding hydrogens is 449 g/mol. The zero-order valence-electron chi connectivity index (χ0n) is 18.9. The number of hydrogen-bond donors (Lipinski definition) is 1. The van der Waals surface area contributed by atoms with Gasteiger partial charge in [-0.25, -0.2) is 9.18 Å². The Hall–Kier alpha value is -2.98. The number of thiophene rings is 1. The zero-order chi connectivity index (χ0) is 24.1. The molecule has 0 aliphatic carbocycles. The Labute approximate surface area is 197 Å². The number of carbonyl (C=O) groups excluding carboxylic acids is 3. The highest BCUT2D eigenvalue weighted by atomic mass is 32.1. The minimum absolute atomic E-state index is 0.176. The summed E-state index contributed by atoms with van der Waals surface area (Å²) < 4.78 is 23.2. The number of nitrogens with one attached hydrogen (secondary N) is 1. The van der Waals surface area contributed by atoms with Gasteiger partial charge in [-0.3, -0.25) is 9.59 Å². The largest absolute Gasteiger partial charge is 0.465 e. The van der Waals surface area contributed by atoms with Gasteiger partial charge in [-0.15, -0.1) is 11.3 Å². The molecule has 1 heterocycles. The fourth-order valence-corrected chi connectivity index (χ4v) is 3.74. The Morgan fingerprint density at radius 3 is 2.48 bits per heavy atom. The molecule has 0 radical (unpaired) electrons. The molecule has 0 fully saturated rings. The molecule has 10 heteroatoms. The molecule has 0 aliphatic rings. The normalized spacial score (nSPS) is 10.5. The quantitative estimate of drug-likeness (QED) is 0.353. The standard InChI is InChI=1S/C23H30FN3O5S/c1-3-32-22(29)14-25-23(30)26(11-5-12-31-2)17-21(28)27(16-20-6-4-13-33-20)15-18-7-9-19(24)10-8-18/h4,6-10,13H,3,5,11-12,14-17H2,1-2H3,(H,25,30). The minimum atomic E-state index is -0.551. The second-order valence-electron chi connectivity index (χ2n) is 7.19. The van der Waals surface area contributed by atoms with Crippen molar-refractivity contribution in [2.24, 2.45) is 0 Å². The fourth-order valence-electron chi connectivity index (χ4n) is 3.02. The maximum Gasteiger partial charge on any atom is 0.325 e. The Balaban J connectivity index is 2.10. The molecule has 180 valence electrons. The van der Waals surface area contributed by atoms with E-state index in [9.17, 15) is 18.8 Å². The highest BCUT2D eigenvalue weighted by Crippen LogP contribution is 2.16. The van der Waals surface area contributed by atoms with Crippen LogP contribution in [0, 0.1) is 5.82 Å². The fraction of sp³-hybridized carbons (Fsp3) is 0.435. The summed E-state index contributed by atoms with van der Waals surface area (Å²) in [5.74, 6) is -1.17. The summed E-state index contributed by atoms with van der Waals surface area (Å²) in [5.41, 5.74) is 0.777. The van der Waals surface area contributed by atoms with Crippen LogP contribution in [0.25, 0.3) is 0 Å². The van der Waals surface area contributed by atoms with Crippen molar-refractivity contribution in [1.29, 1.82) is 0 Å². The molecular formula is C23H30FN3O5S. The number of amides is 3. The number of esters is 1. The molecule has 2 aromatic rings. The second-order valence-corrected chi connectivity index (χ2v) is 8.22. The molecule has 0 saturated carbocycles. The van der Waals surface area contributed by atoms with Crippen LogP contribution in [0.1, 0.15) is 23.8 Å². The number of halogens is 1. The molecule has 1 N–H and O–H groups in total. The summed E-state index contributed by atoms with van der Waals surface area (Å²) in [6, 6.07) is 9.26. The molecule has 33 heavy (non-hydrogen) atoms. The van der Waals surface area contributed by atoms with Crippen LogP contribution in [0.2, 0.25) is 0 Å². The van der Waals surface area contributed by atoms with Crippen molar-refractivity contribution in [3.05, 3.63) is 58.0 Å². The predicted molar refractivity (Wildman–Crippen MR) is 123 cm³/mol. The van der Waals surface area contributed by atoms with Crippen molar-refractivity contribution in [1.82, 2.24) is 15.1 Å².